The van der Waals surface area contributed by atoms with Gasteiger partial charge in [-0.1, -0.05) is 24.3 Å². The molecule has 0 spiro atoms. The van der Waals surface area contributed by atoms with E-state index in [0.29, 0.717) is 4.47 Å². The number of aliphatic hydroxyl groups is 1. The Morgan fingerprint density at radius 1 is 1.06 bits per heavy atom. The van der Waals surface area contributed by atoms with Crippen LogP contribution in [0.1, 0.15) is 5.56 Å². The van der Waals surface area contributed by atoms with Crippen molar-refractivity contribution in [1.82, 2.24) is 0 Å². The number of hydrogen-bond donors (Lipinski definition) is 1. The maximum absolute atomic E-state index is 13.4. The fraction of sp³-hybridized carbons (Fsp3) is 0.0769. The summed E-state index contributed by atoms with van der Waals surface area (Å²) in [5.74, 6) is -0.285. The summed E-state index contributed by atoms with van der Waals surface area (Å²) in [4.78, 5) is 0. The van der Waals surface area contributed by atoms with E-state index in [1.807, 2.05) is 30.3 Å². The molecular formula is C13H10BrFO. The van der Waals surface area contributed by atoms with Gasteiger partial charge in [0, 0.05) is 0 Å². The van der Waals surface area contributed by atoms with Crippen molar-refractivity contribution >= 4 is 15.9 Å². The number of benzene rings is 2. The normalized spacial score (nSPS) is 10.4. The highest BCUT2D eigenvalue weighted by molar-refractivity contribution is 9.10. The van der Waals surface area contributed by atoms with Crippen LogP contribution in [0, 0.1) is 5.82 Å². The van der Waals surface area contributed by atoms with E-state index < -0.39 is 0 Å². The van der Waals surface area contributed by atoms with Crippen LogP contribution >= 0.6 is 15.9 Å². The summed E-state index contributed by atoms with van der Waals surface area (Å²) in [6.45, 7) is -0.00709. The van der Waals surface area contributed by atoms with Gasteiger partial charge in [-0.3, -0.25) is 0 Å². The van der Waals surface area contributed by atoms with Gasteiger partial charge in [0.1, 0.15) is 5.82 Å². The second-order valence-electron chi connectivity index (χ2n) is 3.49. The molecule has 0 fully saturated rings. The molecule has 0 radical (unpaired) electrons. The summed E-state index contributed by atoms with van der Waals surface area (Å²) >= 11 is 3.12. The molecule has 0 saturated carbocycles. The topological polar surface area (TPSA) is 20.2 Å². The third-order valence-electron chi connectivity index (χ3n) is 2.36. The Labute approximate surface area is 102 Å². The fourth-order valence-electron chi connectivity index (χ4n) is 1.52. The van der Waals surface area contributed by atoms with Crippen LogP contribution in [0.4, 0.5) is 4.39 Å². The zero-order chi connectivity index (χ0) is 11.5. The Morgan fingerprint density at radius 2 is 1.81 bits per heavy atom. The van der Waals surface area contributed by atoms with E-state index in [4.69, 9.17) is 5.11 Å². The van der Waals surface area contributed by atoms with Crippen LogP contribution in [-0.4, -0.2) is 5.11 Å². The highest BCUT2D eigenvalue weighted by Gasteiger charge is 2.03. The first-order valence-corrected chi connectivity index (χ1v) is 5.65. The van der Waals surface area contributed by atoms with Gasteiger partial charge < -0.3 is 5.11 Å². The minimum absolute atomic E-state index is 0.00709. The maximum atomic E-state index is 13.4. The number of hydrogen-bond acceptors (Lipinski definition) is 1. The van der Waals surface area contributed by atoms with Gasteiger partial charge in [0.2, 0.25) is 0 Å². The predicted molar refractivity (Wildman–Crippen MR) is 65.5 cm³/mol. The first kappa shape index (κ1) is 11.3. The second-order valence-corrected chi connectivity index (χ2v) is 4.34. The van der Waals surface area contributed by atoms with Gasteiger partial charge in [-0.25, -0.2) is 4.39 Å². The molecule has 0 aliphatic carbocycles. The lowest BCUT2D eigenvalue weighted by Gasteiger charge is -2.04. The molecule has 2 aromatic rings. The van der Waals surface area contributed by atoms with Crippen LogP contribution < -0.4 is 0 Å². The molecule has 2 aromatic carbocycles. The van der Waals surface area contributed by atoms with Gasteiger partial charge in [0.05, 0.1) is 11.1 Å². The molecule has 16 heavy (non-hydrogen) atoms. The first-order chi connectivity index (χ1) is 7.70. The molecule has 0 unspecified atom stereocenters. The minimum Gasteiger partial charge on any atom is -0.392 e. The van der Waals surface area contributed by atoms with Gasteiger partial charge >= 0.3 is 0 Å². The third-order valence-corrected chi connectivity index (χ3v) is 3.01. The van der Waals surface area contributed by atoms with Gasteiger partial charge in [-0.2, -0.15) is 0 Å². The van der Waals surface area contributed by atoms with Crippen molar-refractivity contribution in [1.29, 1.82) is 0 Å². The van der Waals surface area contributed by atoms with Crippen LogP contribution in [-0.2, 0) is 6.61 Å². The molecule has 0 saturated heterocycles. The van der Waals surface area contributed by atoms with E-state index in [1.165, 1.54) is 6.07 Å². The Bertz CT molecular complexity index is 511. The van der Waals surface area contributed by atoms with Gasteiger partial charge in [0.15, 0.2) is 0 Å². The van der Waals surface area contributed by atoms with Crippen LogP contribution in [0.3, 0.4) is 0 Å². The lowest BCUT2D eigenvalue weighted by molar-refractivity contribution is 0.282. The van der Waals surface area contributed by atoms with Crippen molar-refractivity contribution in [2.24, 2.45) is 0 Å². The largest absolute Gasteiger partial charge is 0.392 e. The summed E-state index contributed by atoms with van der Waals surface area (Å²) in [6, 6.07) is 12.4. The highest BCUT2D eigenvalue weighted by atomic mass is 79.9. The average molecular weight is 281 g/mol. The van der Waals surface area contributed by atoms with E-state index in [0.717, 1.165) is 16.7 Å². The van der Waals surface area contributed by atoms with Crippen LogP contribution in [0.25, 0.3) is 11.1 Å². The van der Waals surface area contributed by atoms with Crippen molar-refractivity contribution < 1.29 is 9.50 Å². The summed E-state index contributed by atoms with van der Waals surface area (Å²) in [6.07, 6.45) is 0. The summed E-state index contributed by atoms with van der Waals surface area (Å²) in [5, 5.41) is 9.03. The fourth-order valence-corrected chi connectivity index (χ4v) is 1.77. The molecule has 0 heterocycles. The maximum Gasteiger partial charge on any atom is 0.137 e. The van der Waals surface area contributed by atoms with Crippen molar-refractivity contribution in [3.05, 3.63) is 58.3 Å². The Kier molecular flexibility index (Phi) is 3.36. The van der Waals surface area contributed by atoms with Gasteiger partial charge in [-0.05, 0) is 50.8 Å². The molecule has 2 rings (SSSR count). The van der Waals surface area contributed by atoms with Crippen molar-refractivity contribution in [2.45, 2.75) is 6.61 Å². The van der Waals surface area contributed by atoms with Crippen molar-refractivity contribution in [3.8, 4) is 11.1 Å². The van der Waals surface area contributed by atoms with Crippen LogP contribution in [0.15, 0.2) is 46.9 Å². The molecule has 1 nitrogen and oxygen atoms in total. The molecule has 0 atom stereocenters. The van der Waals surface area contributed by atoms with E-state index in [9.17, 15) is 4.39 Å². The number of halogens is 2. The van der Waals surface area contributed by atoms with Crippen LogP contribution in [0.2, 0.25) is 0 Å². The van der Waals surface area contributed by atoms with Crippen molar-refractivity contribution in [3.63, 3.8) is 0 Å². The lowest BCUT2D eigenvalue weighted by Crippen LogP contribution is -1.85. The van der Waals surface area contributed by atoms with Gasteiger partial charge in [0.25, 0.3) is 0 Å². The highest BCUT2D eigenvalue weighted by Crippen LogP contribution is 2.25. The lowest BCUT2D eigenvalue weighted by atomic mass is 10.0. The molecule has 0 amide bonds. The number of aliphatic hydroxyl groups excluding tert-OH is 1. The Balaban J connectivity index is 2.46. The molecule has 3 heteroatoms. The SMILES string of the molecule is OCc1cccc(-c2ccc(Br)c(F)c2)c1. The quantitative estimate of drug-likeness (QED) is 0.888. The molecular weight excluding hydrogens is 271 g/mol. The predicted octanol–water partition coefficient (Wildman–Crippen LogP) is 3.75. The summed E-state index contributed by atoms with van der Waals surface area (Å²) in [5.41, 5.74) is 2.52. The zero-order valence-electron chi connectivity index (χ0n) is 8.45. The van der Waals surface area contributed by atoms with Gasteiger partial charge in [-0.15, -0.1) is 0 Å². The number of rotatable bonds is 2. The first-order valence-electron chi connectivity index (χ1n) is 4.86. The zero-order valence-corrected chi connectivity index (χ0v) is 10.0. The van der Waals surface area contributed by atoms with Crippen molar-refractivity contribution in [2.75, 3.05) is 0 Å². The Morgan fingerprint density at radius 3 is 2.50 bits per heavy atom. The molecule has 0 bridgehead atoms. The molecule has 0 aliphatic rings. The third kappa shape index (κ3) is 2.31. The van der Waals surface area contributed by atoms with Crippen LogP contribution in [0.5, 0.6) is 0 Å². The molecule has 82 valence electrons. The van der Waals surface area contributed by atoms with E-state index in [2.05, 4.69) is 15.9 Å². The summed E-state index contributed by atoms with van der Waals surface area (Å²) < 4.78 is 13.8. The summed E-state index contributed by atoms with van der Waals surface area (Å²) in [7, 11) is 0. The second kappa shape index (κ2) is 4.76. The molecule has 0 aliphatic heterocycles. The standard InChI is InChI=1S/C13H10BrFO/c14-12-5-4-11(7-13(12)15)10-3-1-2-9(6-10)8-16/h1-7,16H,8H2. The smallest absolute Gasteiger partial charge is 0.137 e. The van der Waals surface area contributed by atoms with E-state index in [-0.39, 0.29) is 12.4 Å². The average Bonchev–Trinajstić information content (AvgIpc) is 2.33. The minimum atomic E-state index is -0.285. The Hall–Kier alpha value is -1.19. The van der Waals surface area contributed by atoms with E-state index >= 15 is 0 Å². The molecule has 1 N–H and O–H groups in total. The molecule has 0 aromatic heterocycles. The van der Waals surface area contributed by atoms with E-state index in [1.54, 1.807) is 6.07 Å². The monoisotopic (exact) mass is 280 g/mol.